The van der Waals surface area contributed by atoms with E-state index in [9.17, 15) is 9.59 Å². The van der Waals surface area contributed by atoms with Gasteiger partial charge in [-0.1, -0.05) is 6.92 Å². The lowest BCUT2D eigenvalue weighted by atomic mass is 10.2. The number of aliphatic imine (C=N–C) groups is 1. The Bertz CT molecular complexity index is 405. The molecule has 0 spiro atoms. The standard InChI is InChI=1S/C12H13NO3/c1-3-9(2)16-12(15)10-4-6-11(7-5-10)13-8-14/h4-7,9H,3H2,1-2H3/t9-/m0/s1. The molecule has 0 aromatic heterocycles. The van der Waals surface area contributed by atoms with Gasteiger partial charge >= 0.3 is 5.97 Å². The van der Waals surface area contributed by atoms with Crippen LogP contribution in [0, 0.1) is 0 Å². The van der Waals surface area contributed by atoms with E-state index < -0.39 is 0 Å². The highest BCUT2D eigenvalue weighted by Crippen LogP contribution is 2.13. The van der Waals surface area contributed by atoms with Gasteiger partial charge in [0, 0.05) is 0 Å². The number of rotatable bonds is 4. The zero-order valence-electron chi connectivity index (χ0n) is 9.27. The second-order valence-electron chi connectivity index (χ2n) is 3.37. The molecule has 0 aliphatic heterocycles. The number of hydrogen-bond donors (Lipinski definition) is 0. The van der Waals surface area contributed by atoms with Crippen LogP contribution in [-0.2, 0) is 9.53 Å². The van der Waals surface area contributed by atoms with Crippen LogP contribution in [0.5, 0.6) is 0 Å². The third kappa shape index (κ3) is 3.33. The number of nitrogens with zero attached hydrogens (tertiary/aromatic N) is 1. The van der Waals surface area contributed by atoms with Crippen LogP contribution in [0.25, 0.3) is 0 Å². The monoisotopic (exact) mass is 219 g/mol. The van der Waals surface area contributed by atoms with Gasteiger partial charge in [0.25, 0.3) is 0 Å². The van der Waals surface area contributed by atoms with Crippen molar-refractivity contribution in [2.24, 2.45) is 4.99 Å². The topological polar surface area (TPSA) is 55.7 Å². The maximum Gasteiger partial charge on any atom is 0.338 e. The summed E-state index contributed by atoms with van der Waals surface area (Å²) in [5, 5.41) is 0. The zero-order chi connectivity index (χ0) is 12.0. The Labute approximate surface area is 94.0 Å². The Balaban J connectivity index is 2.73. The number of carbonyl (C=O) groups excluding carboxylic acids is 2. The van der Waals surface area contributed by atoms with Gasteiger partial charge in [-0.3, -0.25) is 0 Å². The molecule has 1 aromatic carbocycles. The SMILES string of the molecule is CC[C@H](C)OC(=O)c1ccc(N=C=O)cc1. The fraction of sp³-hybridized carbons (Fsp3) is 0.333. The molecule has 0 aliphatic rings. The van der Waals surface area contributed by atoms with Gasteiger partial charge in [-0.25, -0.2) is 9.59 Å². The van der Waals surface area contributed by atoms with Crippen molar-refractivity contribution in [3.63, 3.8) is 0 Å². The van der Waals surface area contributed by atoms with Gasteiger partial charge in [-0.2, -0.15) is 4.99 Å². The zero-order valence-corrected chi connectivity index (χ0v) is 9.27. The number of isocyanates is 1. The smallest absolute Gasteiger partial charge is 0.338 e. The Kier molecular flexibility index (Phi) is 4.42. The quantitative estimate of drug-likeness (QED) is 0.444. The lowest BCUT2D eigenvalue weighted by molar-refractivity contribution is 0.0334. The fourth-order valence-corrected chi connectivity index (χ4v) is 1.06. The van der Waals surface area contributed by atoms with Crippen LogP contribution in [0.1, 0.15) is 30.6 Å². The molecule has 1 rings (SSSR count). The molecule has 0 radical (unpaired) electrons. The van der Waals surface area contributed by atoms with Gasteiger partial charge in [0.1, 0.15) is 0 Å². The summed E-state index contributed by atoms with van der Waals surface area (Å²) in [7, 11) is 0. The molecule has 0 bridgehead atoms. The average molecular weight is 219 g/mol. The van der Waals surface area contributed by atoms with Crippen LogP contribution >= 0.6 is 0 Å². The molecular formula is C12H13NO3. The van der Waals surface area contributed by atoms with Gasteiger partial charge in [0.2, 0.25) is 6.08 Å². The van der Waals surface area contributed by atoms with Crippen molar-refractivity contribution in [1.29, 1.82) is 0 Å². The molecule has 1 aromatic rings. The van der Waals surface area contributed by atoms with Crippen LogP contribution in [-0.4, -0.2) is 18.2 Å². The number of ether oxygens (including phenoxy) is 1. The predicted octanol–water partition coefficient (Wildman–Crippen LogP) is 2.61. The normalized spacial score (nSPS) is 11.4. The number of benzene rings is 1. The van der Waals surface area contributed by atoms with E-state index in [0.29, 0.717) is 11.3 Å². The van der Waals surface area contributed by atoms with Crippen LogP contribution in [0.2, 0.25) is 0 Å². The largest absolute Gasteiger partial charge is 0.459 e. The highest BCUT2D eigenvalue weighted by atomic mass is 16.5. The summed E-state index contributed by atoms with van der Waals surface area (Å²) >= 11 is 0. The summed E-state index contributed by atoms with van der Waals surface area (Å²) in [5.41, 5.74) is 0.917. The minimum Gasteiger partial charge on any atom is -0.459 e. The minimum atomic E-state index is -0.365. The first-order valence-electron chi connectivity index (χ1n) is 5.06. The van der Waals surface area contributed by atoms with Crippen molar-refractivity contribution in [2.75, 3.05) is 0 Å². The molecule has 0 saturated heterocycles. The van der Waals surface area contributed by atoms with Crippen LogP contribution in [0.4, 0.5) is 5.69 Å². The van der Waals surface area contributed by atoms with Crippen molar-refractivity contribution >= 4 is 17.7 Å². The lowest BCUT2D eigenvalue weighted by Crippen LogP contribution is -2.13. The van der Waals surface area contributed by atoms with Crippen LogP contribution < -0.4 is 0 Å². The molecule has 0 saturated carbocycles. The van der Waals surface area contributed by atoms with Gasteiger partial charge in [0.05, 0.1) is 17.4 Å². The molecular weight excluding hydrogens is 206 g/mol. The van der Waals surface area contributed by atoms with Gasteiger partial charge in [-0.15, -0.1) is 0 Å². The maximum atomic E-state index is 11.6. The highest BCUT2D eigenvalue weighted by Gasteiger charge is 2.10. The molecule has 0 fully saturated rings. The van der Waals surface area contributed by atoms with E-state index in [4.69, 9.17) is 4.74 Å². The Hall–Kier alpha value is -1.93. The van der Waals surface area contributed by atoms with Gasteiger partial charge in [-0.05, 0) is 37.6 Å². The van der Waals surface area contributed by atoms with Gasteiger partial charge < -0.3 is 4.74 Å². The second-order valence-corrected chi connectivity index (χ2v) is 3.37. The van der Waals surface area contributed by atoms with Crippen LogP contribution in [0.15, 0.2) is 29.3 Å². The highest BCUT2D eigenvalue weighted by molar-refractivity contribution is 5.89. The van der Waals surface area contributed by atoms with Crippen molar-refractivity contribution in [3.05, 3.63) is 29.8 Å². The van der Waals surface area contributed by atoms with E-state index in [1.165, 1.54) is 6.08 Å². The van der Waals surface area contributed by atoms with Crippen LogP contribution in [0.3, 0.4) is 0 Å². The van der Waals surface area contributed by atoms with Crippen molar-refractivity contribution in [3.8, 4) is 0 Å². The molecule has 4 nitrogen and oxygen atoms in total. The molecule has 0 N–H and O–H groups in total. The Morgan fingerprint density at radius 3 is 2.56 bits per heavy atom. The van der Waals surface area contributed by atoms with E-state index in [-0.39, 0.29) is 12.1 Å². The lowest BCUT2D eigenvalue weighted by Gasteiger charge is -2.10. The summed E-state index contributed by atoms with van der Waals surface area (Å²) in [4.78, 5) is 25.0. The molecule has 0 aliphatic carbocycles. The van der Waals surface area contributed by atoms with E-state index in [0.717, 1.165) is 6.42 Å². The molecule has 0 unspecified atom stereocenters. The average Bonchev–Trinajstić information content (AvgIpc) is 2.30. The number of hydrogen-bond acceptors (Lipinski definition) is 4. The van der Waals surface area contributed by atoms with Crippen molar-refractivity contribution in [1.82, 2.24) is 0 Å². The summed E-state index contributed by atoms with van der Waals surface area (Å²) in [6, 6.07) is 6.28. The summed E-state index contributed by atoms with van der Waals surface area (Å²) in [6.07, 6.45) is 2.11. The predicted molar refractivity (Wildman–Crippen MR) is 59.4 cm³/mol. The van der Waals surface area contributed by atoms with Crippen molar-refractivity contribution < 1.29 is 14.3 Å². The fourth-order valence-electron chi connectivity index (χ4n) is 1.06. The molecule has 16 heavy (non-hydrogen) atoms. The minimum absolute atomic E-state index is 0.0971. The Morgan fingerprint density at radius 2 is 2.06 bits per heavy atom. The van der Waals surface area contributed by atoms with E-state index in [1.54, 1.807) is 24.3 Å². The first-order chi connectivity index (χ1) is 7.67. The second kappa shape index (κ2) is 5.83. The maximum absolute atomic E-state index is 11.6. The first kappa shape index (κ1) is 12.1. The van der Waals surface area contributed by atoms with E-state index >= 15 is 0 Å². The third-order valence-corrected chi connectivity index (χ3v) is 2.16. The third-order valence-electron chi connectivity index (χ3n) is 2.16. The molecule has 1 atom stereocenters. The number of esters is 1. The van der Waals surface area contributed by atoms with E-state index in [1.807, 2.05) is 13.8 Å². The molecule has 0 amide bonds. The van der Waals surface area contributed by atoms with Crippen molar-refractivity contribution in [2.45, 2.75) is 26.4 Å². The molecule has 0 heterocycles. The molecule has 4 heteroatoms. The summed E-state index contributed by atoms with van der Waals surface area (Å²) in [6.45, 7) is 3.78. The molecule has 84 valence electrons. The summed E-state index contributed by atoms with van der Waals surface area (Å²) in [5.74, 6) is -0.365. The van der Waals surface area contributed by atoms with E-state index in [2.05, 4.69) is 4.99 Å². The number of carbonyl (C=O) groups is 1. The Morgan fingerprint density at radius 1 is 1.44 bits per heavy atom. The summed E-state index contributed by atoms with van der Waals surface area (Å²) < 4.78 is 5.14. The van der Waals surface area contributed by atoms with Gasteiger partial charge in [0.15, 0.2) is 0 Å². The first-order valence-corrected chi connectivity index (χ1v) is 5.06.